The van der Waals surface area contributed by atoms with E-state index in [1.54, 1.807) is 0 Å². The first-order chi connectivity index (χ1) is 7.56. The lowest BCUT2D eigenvalue weighted by atomic mass is 10.0. The molecule has 0 saturated heterocycles. The predicted octanol–water partition coefficient (Wildman–Crippen LogP) is 3.79. The van der Waals surface area contributed by atoms with Crippen LogP contribution in [0.25, 0.3) is 11.0 Å². The summed E-state index contributed by atoms with van der Waals surface area (Å²) in [7, 11) is 0. The van der Waals surface area contributed by atoms with Gasteiger partial charge in [0.25, 0.3) is 0 Å². The monoisotopic (exact) mass is 217 g/mol. The summed E-state index contributed by atoms with van der Waals surface area (Å²) < 4.78 is 5.79. The molecule has 0 unspecified atom stereocenters. The van der Waals surface area contributed by atoms with Crippen molar-refractivity contribution in [2.24, 2.45) is 11.7 Å². The lowest BCUT2D eigenvalue weighted by molar-refractivity contribution is 0.431. The lowest BCUT2D eigenvalue weighted by Gasteiger charge is -2.10. The number of hydrogen-bond acceptors (Lipinski definition) is 2. The minimum Gasteiger partial charge on any atom is -0.459 e. The number of benzene rings is 1. The van der Waals surface area contributed by atoms with Crippen molar-refractivity contribution in [3.05, 3.63) is 35.6 Å². The fourth-order valence-corrected chi connectivity index (χ4v) is 1.97. The van der Waals surface area contributed by atoms with E-state index in [1.807, 2.05) is 0 Å². The maximum absolute atomic E-state index is 6.10. The summed E-state index contributed by atoms with van der Waals surface area (Å²) in [6.07, 6.45) is 0.957. The fraction of sp³-hybridized carbons (Fsp3) is 0.429. The van der Waals surface area contributed by atoms with Crippen LogP contribution in [0, 0.1) is 12.8 Å². The van der Waals surface area contributed by atoms with Gasteiger partial charge in [0.05, 0.1) is 6.04 Å². The van der Waals surface area contributed by atoms with E-state index >= 15 is 0 Å². The van der Waals surface area contributed by atoms with E-state index < -0.39 is 0 Å². The summed E-state index contributed by atoms with van der Waals surface area (Å²) in [6.45, 7) is 6.41. The minimum atomic E-state index is 0.00714. The zero-order valence-corrected chi connectivity index (χ0v) is 10.2. The van der Waals surface area contributed by atoms with Crippen LogP contribution in [-0.4, -0.2) is 0 Å². The number of fused-ring (bicyclic) bond motifs is 1. The number of nitrogens with two attached hydrogens (primary N) is 1. The summed E-state index contributed by atoms with van der Waals surface area (Å²) in [4.78, 5) is 0. The average Bonchev–Trinajstić information content (AvgIpc) is 2.59. The van der Waals surface area contributed by atoms with Crippen molar-refractivity contribution in [3.8, 4) is 0 Å². The number of aryl methyl sites for hydroxylation is 1. The van der Waals surface area contributed by atoms with Gasteiger partial charge in [-0.3, -0.25) is 0 Å². The van der Waals surface area contributed by atoms with Crippen molar-refractivity contribution < 1.29 is 4.42 Å². The maximum atomic E-state index is 6.10. The van der Waals surface area contributed by atoms with Crippen LogP contribution < -0.4 is 5.73 Å². The highest BCUT2D eigenvalue weighted by Gasteiger charge is 2.13. The summed E-state index contributed by atoms with van der Waals surface area (Å²) >= 11 is 0. The second-order valence-corrected chi connectivity index (χ2v) is 4.93. The third-order valence-corrected chi connectivity index (χ3v) is 2.79. The van der Waals surface area contributed by atoms with E-state index in [1.165, 1.54) is 5.56 Å². The van der Waals surface area contributed by atoms with Gasteiger partial charge in [-0.2, -0.15) is 0 Å². The highest BCUT2D eigenvalue weighted by atomic mass is 16.3. The van der Waals surface area contributed by atoms with Crippen LogP contribution in [0.5, 0.6) is 0 Å². The molecule has 1 aromatic heterocycles. The molecule has 2 heteroatoms. The van der Waals surface area contributed by atoms with Crippen LogP contribution in [0.4, 0.5) is 0 Å². The molecule has 0 radical (unpaired) electrons. The van der Waals surface area contributed by atoms with Gasteiger partial charge in [-0.1, -0.05) is 26.0 Å². The van der Waals surface area contributed by atoms with E-state index in [-0.39, 0.29) is 6.04 Å². The van der Waals surface area contributed by atoms with Gasteiger partial charge >= 0.3 is 0 Å². The number of rotatable bonds is 3. The zero-order chi connectivity index (χ0) is 11.7. The van der Waals surface area contributed by atoms with Gasteiger partial charge in [0, 0.05) is 5.39 Å². The quantitative estimate of drug-likeness (QED) is 0.849. The van der Waals surface area contributed by atoms with Crippen molar-refractivity contribution in [3.63, 3.8) is 0 Å². The molecule has 0 aliphatic rings. The maximum Gasteiger partial charge on any atom is 0.134 e. The molecule has 0 saturated carbocycles. The zero-order valence-electron chi connectivity index (χ0n) is 10.2. The molecule has 1 heterocycles. The molecular weight excluding hydrogens is 198 g/mol. The van der Waals surface area contributed by atoms with Crippen molar-refractivity contribution >= 4 is 11.0 Å². The van der Waals surface area contributed by atoms with Crippen molar-refractivity contribution in [1.82, 2.24) is 0 Å². The van der Waals surface area contributed by atoms with Gasteiger partial charge in [0.15, 0.2) is 0 Å². The first-order valence-corrected chi connectivity index (χ1v) is 5.82. The summed E-state index contributed by atoms with van der Waals surface area (Å²) in [5.74, 6) is 1.49. The Morgan fingerprint density at radius 1 is 1.25 bits per heavy atom. The number of hydrogen-bond donors (Lipinski definition) is 1. The highest BCUT2D eigenvalue weighted by molar-refractivity contribution is 5.78. The molecule has 2 N–H and O–H groups in total. The van der Waals surface area contributed by atoms with Gasteiger partial charge in [-0.15, -0.1) is 0 Å². The highest BCUT2D eigenvalue weighted by Crippen LogP contribution is 2.26. The van der Waals surface area contributed by atoms with E-state index in [2.05, 4.69) is 45.0 Å². The standard InChI is InChI=1S/C14H19NO/c1-9(2)6-12(15)14-8-11-5-4-10(3)7-13(11)16-14/h4-5,7-9,12H,6,15H2,1-3H3/t12-/m1/s1. The van der Waals surface area contributed by atoms with Gasteiger partial charge in [-0.25, -0.2) is 0 Å². The van der Waals surface area contributed by atoms with Crippen LogP contribution in [0.3, 0.4) is 0 Å². The Bertz CT molecular complexity index is 484. The largest absolute Gasteiger partial charge is 0.459 e. The van der Waals surface area contributed by atoms with Crippen molar-refractivity contribution in [1.29, 1.82) is 0 Å². The van der Waals surface area contributed by atoms with Crippen LogP contribution in [-0.2, 0) is 0 Å². The Morgan fingerprint density at radius 3 is 2.69 bits per heavy atom. The molecule has 2 nitrogen and oxygen atoms in total. The van der Waals surface area contributed by atoms with E-state index in [9.17, 15) is 0 Å². The first-order valence-electron chi connectivity index (χ1n) is 5.82. The second-order valence-electron chi connectivity index (χ2n) is 4.93. The Morgan fingerprint density at radius 2 is 2.00 bits per heavy atom. The molecule has 16 heavy (non-hydrogen) atoms. The van der Waals surface area contributed by atoms with Gasteiger partial charge in [0.1, 0.15) is 11.3 Å². The third kappa shape index (κ3) is 2.27. The molecule has 1 aromatic carbocycles. The van der Waals surface area contributed by atoms with E-state index in [4.69, 9.17) is 10.2 Å². The molecule has 0 amide bonds. The van der Waals surface area contributed by atoms with Gasteiger partial charge in [0.2, 0.25) is 0 Å². The number of furan rings is 1. The average molecular weight is 217 g/mol. The van der Waals surface area contributed by atoms with Crippen molar-refractivity contribution in [2.45, 2.75) is 33.2 Å². The summed E-state index contributed by atoms with van der Waals surface area (Å²) in [5, 5.41) is 1.14. The van der Waals surface area contributed by atoms with E-state index in [0.29, 0.717) is 5.92 Å². The molecule has 2 rings (SSSR count). The lowest BCUT2D eigenvalue weighted by Crippen LogP contribution is -2.11. The molecule has 0 bridgehead atoms. The molecule has 1 atom stereocenters. The second kappa shape index (κ2) is 4.30. The van der Waals surface area contributed by atoms with Crippen LogP contribution in [0.2, 0.25) is 0 Å². The first kappa shape index (κ1) is 11.2. The van der Waals surface area contributed by atoms with Crippen LogP contribution in [0.15, 0.2) is 28.7 Å². The van der Waals surface area contributed by atoms with Gasteiger partial charge in [-0.05, 0) is 37.0 Å². The SMILES string of the molecule is Cc1ccc2cc([C@H](N)CC(C)C)oc2c1. The van der Waals surface area contributed by atoms with Gasteiger partial charge < -0.3 is 10.2 Å². The van der Waals surface area contributed by atoms with Crippen LogP contribution >= 0.6 is 0 Å². The van der Waals surface area contributed by atoms with Crippen molar-refractivity contribution in [2.75, 3.05) is 0 Å². The Balaban J connectivity index is 2.32. The smallest absolute Gasteiger partial charge is 0.134 e. The van der Waals surface area contributed by atoms with E-state index in [0.717, 1.165) is 23.2 Å². The Kier molecular flexibility index (Phi) is 3.01. The molecule has 0 aliphatic carbocycles. The molecular formula is C14H19NO. The Hall–Kier alpha value is -1.28. The molecule has 0 spiro atoms. The minimum absolute atomic E-state index is 0.00714. The molecule has 2 aromatic rings. The summed E-state index contributed by atoms with van der Waals surface area (Å²) in [5.41, 5.74) is 8.26. The molecule has 86 valence electrons. The molecule has 0 aliphatic heterocycles. The summed E-state index contributed by atoms with van der Waals surface area (Å²) in [6, 6.07) is 8.30. The topological polar surface area (TPSA) is 39.2 Å². The van der Waals surface area contributed by atoms with Crippen LogP contribution in [0.1, 0.15) is 37.6 Å². The third-order valence-electron chi connectivity index (χ3n) is 2.79. The Labute approximate surface area is 96.4 Å². The molecule has 0 fully saturated rings. The fourth-order valence-electron chi connectivity index (χ4n) is 1.97. The predicted molar refractivity (Wildman–Crippen MR) is 67.3 cm³/mol. The normalized spacial score (nSPS) is 13.6.